The third-order valence-electron chi connectivity index (χ3n) is 2.44. The molecule has 1 aromatic carbocycles. The molecule has 1 amide bonds. The van der Waals surface area contributed by atoms with Crippen molar-refractivity contribution >= 4 is 28.1 Å². The second kappa shape index (κ2) is 5.77. The number of methoxy groups -OCH3 is 1. The van der Waals surface area contributed by atoms with Gasteiger partial charge < -0.3 is 10.5 Å². The number of benzene rings is 1. The van der Waals surface area contributed by atoms with E-state index >= 15 is 0 Å². The van der Waals surface area contributed by atoms with Gasteiger partial charge in [0, 0.05) is 18.4 Å². The molecule has 1 aromatic heterocycles. The third kappa shape index (κ3) is 3.27. The monoisotopic (exact) mass is 278 g/mol. The van der Waals surface area contributed by atoms with Gasteiger partial charge in [-0.05, 0) is 24.6 Å². The lowest BCUT2D eigenvalue weighted by Crippen LogP contribution is -2.16. The normalized spacial score (nSPS) is 10.4. The Morgan fingerprint density at radius 1 is 1.47 bits per heavy atom. The highest BCUT2D eigenvalue weighted by Crippen LogP contribution is 2.30. The molecule has 3 N–H and O–H groups in total. The largest absolute Gasteiger partial charge is 0.399 e. The van der Waals surface area contributed by atoms with Crippen LogP contribution >= 0.6 is 11.3 Å². The summed E-state index contributed by atoms with van der Waals surface area (Å²) in [7, 11) is 1.46. The molecule has 0 aliphatic carbocycles. The van der Waals surface area contributed by atoms with E-state index in [0.717, 1.165) is 16.1 Å². The van der Waals surface area contributed by atoms with Gasteiger partial charge in [0.05, 0.1) is 0 Å². The van der Waals surface area contributed by atoms with Gasteiger partial charge in [0.15, 0.2) is 0 Å². The minimum absolute atomic E-state index is 0.00771. The first-order chi connectivity index (χ1) is 9.10. The van der Waals surface area contributed by atoms with Crippen LogP contribution in [0, 0.1) is 6.92 Å². The van der Waals surface area contributed by atoms with Crippen LogP contribution in [0.4, 0.5) is 10.8 Å². The highest BCUT2D eigenvalue weighted by Gasteiger charge is 2.11. The number of hydrogen-bond acceptors (Lipinski definition) is 6. The number of amides is 1. The molecule has 1 heterocycles. The molecule has 0 aliphatic rings. The maximum Gasteiger partial charge on any atom is 0.252 e. The number of rotatable bonds is 4. The summed E-state index contributed by atoms with van der Waals surface area (Å²) in [6, 6.07) is 5.60. The summed E-state index contributed by atoms with van der Waals surface area (Å²) in [5.41, 5.74) is 8.41. The van der Waals surface area contributed by atoms with E-state index < -0.39 is 0 Å². The van der Waals surface area contributed by atoms with Crippen LogP contribution in [0.1, 0.15) is 5.56 Å². The van der Waals surface area contributed by atoms with Gasteiger partial charge >= 0.3 is 0 Å². The molecule has 0 spiro atoms. The van der Waals surface area contributed by atoms with Crippen LogP contribution < -0.4 is 11.1 Å². The van der Waals surface area contributed by atoms with Crippen LogP contribution in [0.15, 0.2) is 18.2 Å². The number of nitrogens with one attached hydrogen (secondary N) is 1. The molecule has 0 radical (unpaired) electrons. The second-order valence-corrected chi connectivity index (χ2v) is 4.95. The van der Waals surface area contributed by atoms with E-state index in [1.807, 2.05) is 25.1 Å². The van der Waals surface area contributed by atoms with Crippen LogP contribution in [0.25, 0.3) is 10.6 Å². The third-order valence-corrected chi connectivity index (χ3v) is 3.31. The van der Waals surface area contributed by atoms with Crippen LogP contribution in [-0.2, 0) is 9.53 Å². The summed E-state index contributed by atoms with van der Waals surface area (Å²) in [5, 5.41) is 11.8. The summed E-state index contributed by atoms with van der Waals surface area (Å²) >= 11 is 1.30. The zero-order chi connectivity index (χ0) is 13.8. The van der Waals surface area contributed by atoms with E-state index in [0.29, 0.717) is 10.8 Å². The number of anilines is 2. The highest BCUT2D eigenvalue weighted by molar-refractivity contribution is 7.18. The van der Waals surface area contributed by atoms with Crippen molar-refractivity contribution in [2.45, 2.75) is 6.92 Å². The molecule has 7 heteroatoms. The SMILES string of the molecule is COCC(=O)Nc1nnc(-c2cc(N)ccc2C)s1. The lowest BCUT2D eigenvalue weighted by molar-refractivity contribution is -0.119. The molecule has 0 bridgehead atoms. The second-order valence-electron chi connectivity index (χ2n) is 3.97. The fraction of sp³-hybridized carbons (Fsp3) is 0.250. The molecule has 6 nitrogen and oxygen atoms in total. The standard InChI is InChI=1S/C12H14N4O2S/c1-7-3-4-8(13)5-9(7)11-15-16-12(19-11)14-10(17)6-18-2/h3-5H,6,13H2,1-2H3,(H,14,16,17). The summed E-state index contributed by atoms with van der Waals surface area (Å²) in [6.07, 6.45) is 0. The summed E-state index contributed by atoms with van der Waals surface area (Å²) in [5.74, 6) is -0.255. The maximum atomic E-state index is 11.4. The van der Waals surface area contributed by atoms with Gasteiger partial charge in [-0.15, -0.1) is 10.2 Å². The number of nitrogens with zero attached hydrogens (tertiary/aromatic N) is 2. The van der Waals surface area contributed by atoms with Crippen molar-refractivity contribution < 1.29 is 9.53 Å². The Morgan fingerprint density at radius 3 is 3.00 bits per heavy atom. The number of hydrogen-bond donors (Lipinski definition) is 2. The van der Waals surface area contributed by atoms with Crippen LogP contribution in [0.5, 0.6) is 0 Å². The molecule has 0 fully saturated rings. The minimum Gasteiger partial charge on any atom is -0.399 e. The molecular formula is C12H14N4O2S. The lowest BCUT2D eigenvalue weighted by atomic mass is 10.1. The number of ether oxygens (including phenoxy) is 1. The first kappa shape index (κ1) is 13.4. The van der Waals surface area contributed by atoms with Gasteiger partial charge in [-0.3, -0.25) is 10.1 Å². The molecule has 100 valence electrons. The van der Waals surface area contributed by atoms with E-state index in [-0.39, 0.29) is 12.5 Å². The van der Waals surface area contributed by atoms with Crippen molar-refractivity contribution in [3.05, 3.63) is 23.8 Å². The average molecular weight is 278 g/mol. The zero-order valence-electron chi connectivity index (χ0n) is 10.6. The highest BCUT2D eigenvalue weighted by atomic mass is 32.1. The van der Waals surface area contributed by atoms with Crippen molar-refractivity contribution in [2.24, 2.45) is 0 Å². The van der Waals surface area contributed by atoms with Crippen molar-refractivity contribution in [2.75, 3.05) is 24.8 Å². The van der Waals surface area contributed by atoms with Crippen molar-refractivity contribution in [3.63, 3.8) is 0 Å². The maximum absolute atomic E-state index is 11.4. The quantitative estimate of drug-likeness (QED) is 0.830. The van der Waals surface area contributed by atoms with Gasteiger partial charge in [0.25, 0.3) is 5.91 Å². The molecule has 0 aliphatic heterocycles. The summed E-state index contributed by atoms with van der Waals surface area (Å²) in [6.45, 7) is 1.96. The Labute approximate surface area is 114 Å². The zero-order valence-corrected chi connectivity index (χ0v) is 11.5. The Bertz CT molecular complexity index is 597. The number of carbonyl (C=O) groups excluding carboxylic acids is 1. The Kier molecular flexibility index (Phi) is 4.08. The molecule has 0 unspecified atom stereocenters. The molecular weight excluding hydrogens is 264 g/mol. The van der Waals surface area contributed by atoms with Crippen LogP contribution in [-0.4, -0.2) is 29.8 Å². The Hall–Kier alpha value is -1.99. The fourth-order valence-corrected chi connectivity index (χ4v) is 2.38. The summed E-state index contributed by atoms with van der Waals surface area (Å²) < 4.78 is 4.73. The van der Waals surface area contributed by atoms with Gasteiger partial charge in [-0.1, -0.05) is 17.4 Å². The predicted molar refractivity (Wildman–Crippen MR) is 75.0 cm³/mol. The van der Waals surface area contributed by atoms with E-state index in [9.17, 15) is 4.79 Å². The van der Waals surface area contributed by atoms with Gasteiger partial charge in [0.1, 0.15) is 11.6 Å². The van der Waals surface area contributed by atoms with E-state index in [1.165, 1.54) is 18.4 Å². The Balaban J connectivity index is 2.21. The molecule has 19 heavy (non-hydrogen) atoms. The number of nitrogens with two attached hydrogens (primary N) is 1. The average Bonchev–Trinajstić information content (AvgIpc) is 2.81. The van der Waals surface area contributed by atoms with Gasteiger partial charge in [-0.2, -0.15) is 0 Å². The van der Waals surface area contributed by atoms with Crippen molar-refractivity contribution in [1.82, 2.24) is 10.2 Å². The van der Waals surface area contributed by atoms with E-state index in [4.69, 9.17) is 10.5 Å². The topological polar surface area (TPSA) is 90.1 Å². The molecule has 2 rings (SSSR count). The first-order valence-electron chi connectivity index (χ1n) is 5.59. The molecule has 0 atom stereocenters. The van der Waals surface area contributed by atoms with Gasteiger partial charge in [-0.25, -0.2) is 0 Å². The number of carbonyl (C=O) groups is 1. The summed E-state index contributed by atoms with van der Waals surface area (Å²) in [4.78, 5) is 11.4. The first-order valence-corrected chi connectivity index (χ1v) is 6.40. The van der Waals surface area contributed by atoms with Crippen molar-refractivity contribution in [1.29, 1.82) is 0 Å². The minimum atomic E-state index is -0.255. The smallest absolute Gasteiger partial charge is 0.252 e. The fourth-order valence-electron chi connectivity index (χ4n) is 1.54. The van der Waals surface area contributed by atoms with Crippen LogP contribution in [0.3, 0.4) is 0 Å². The van der Waals surface area contributed by atoms with Gasteiger partial charge in [0.2, 0.25) is 5.13 Å². The Morgan fingerprint density at radius 2 is 2.26 bits per heavy atom. The predicted octanol–water partition coefficient (Wildman–Crippen LogP) is 1.68. The van der Waals surface area contributed by atoms with Crippen molar-refractivity contribution in [3.8, 4) is 10.6 Å². The molecule has 0 saturated carbocycles. The molecule has 2 aromatic rings. The number of aryl methyl sites for hydroxylation is 1. The lowest BCUT2D eigenvalue weighted by Gasteiger charge is -2.02. The van der Waals surface area contributed by atoms with Crippen LogP contribution in [0.2, 0.25) is 0 Å². The molecule has 0 saturated heterocycles. The van der Waals surface area contributed by atoms with E-state index in [2.05, 4.69) is 15.5 Å². The number of aromatic nitrogens is 2. The number of nitrogen functional groups attached to an aromatic ring is 1. The van der Waals surface area contributed by atoms with E-state index in [1.54, 1.807) is 0 Å².